The summed E-state index contributed by atoms with van der Waals surface area (Å²) < 4.78 is 32.6. The molecule has 0 aliphatic rings. The summed E-state index contributed by atoms with van der Waals surface area (Å²) in [5.41, 5.74) is 36.6. The minimum atomic E-state index is -0.181. The smallest absolute Gasteiger partial charge is 0.206 e. The monoisotopic (exact) mass is 1640 g/mol. The Labute approximate surface area is 743 Å². The van der Waals surface area contributed by atoms with E-state index >= 15 is 0 Å². The van der Waals surface area contributed by atoms with E-state index in [4.69, 9.17) is 1.37 Å². The van der Waals surface area contributed by atoms with Gasteiger partial charge in [-0.05, 0) is 259 Å². The Kier molecular flexibility index (Phi) is 26.4. The van der Waals surface area contributed by atoms with Gasteiger partial charge in [-0.15, -0.1) is 0 Å². The van der Waals surface area contributed by atoms with Gasteiger partial charge in [0.2, 0.25) is 22.8 Å². The highest BCUT2D eigenvalue weighted by Gasteiger charge is 2.29. The highest BCUT2D eigenvalue weighted by atomic mass is 19.1. The van der Waals surface area contributed by atoms with Crippen LogP contribution in [0.3, 0.4) is 0 Å². The third kappa shape index (κ3) is 21.0. The Morgan fingerprint density at radius 3 is 1.02 bits per heavy atom. The van der Waals surface area contributed by atoms with Gasteiger partial charge in [0, 0.05) is 50.6 Å². The summed E-state index contributed by atoms with van der Waals surface area (Å²) in [7, 11) is 8.49. The van der Waals surface area contributed by atoms with Gasteiger partial charge in [0.1, 0.15) is 35.4 Å². The second-order valence-electron chi connectivity index (χ2n) is 40.4. The molecule has 0 atom stereocenters. The van der Waals surface area contributed by atoms with Crippen LogP contribution in [0, 0.1) is 82.9 Å². The summed E-state index contributed by atoms with van der Waals surface area (Å²) in [5, 5.41) is 10.1. The van der Waals surface area contributed by atoms with Crippen LogP contribution >= 0.6 is 0 Å². The van der Waals surface area contributed by atoms with Crippen molar-refractivity contribution in [2.75, 3.05) is 0 Å². The van der Waals surface area contributed by atoms with Crippen LogP contribution in [0.25, 0.3) is 133 Å². The first-order valence-electron chi connectivity index (χ1n) is 45.1. The minimum Gasteiger partial charge on any atom is -0.206 e. The van der Waals surface area contributed by atoms with Crippen LogP contribution in [-0.2, 0) is 53.9 Å². The van der Waals surface area contributed by atoms with E-state index < -0.39 is 0 Å². The first-order valence-corrected chi connectivity index (χ1v) is 44.6. The van der Waals surface area contributed by atoms with E-state index in [1.807, 2.05) is 61.0 Å². The maximum Gasteiger partial charge on any atom is 0.220 e. The summed E-state index contributed by atoms with van der Waals surface area (Å²) in [6, 6.07) is 98.1. The van der Waals surface area contributed by atoms with Gasteiger partial charge in [-0.25, -0.2) is 8.96 Å². The zero-order valence-corrected chi connectivity index (χ0v) is 79.1. The average molecular weight is 1640 g/mol. The molecule has 0 N–H and O–H groups in total. The summed E-state index contributed by atoms with van der Waals surface area (Å²) in [6.45, 7) is 49.5. The SMILES string of the molecule is Cc1cc(-c2ccccc2)cc(-c2c3ccc(CC(C)(C)C)cc3cc(C)[n+]2C)c1C.Cc1cc(F)c(-c2ccccc2)cc1-c1c2ccc(CC(C)(C)C)cc2cc(C)[n+]1C.Cc1ccc(-c2ccccc2)cc1-c1c2ccc(CC(C)(C)C)cc2cc(C)[n+]1C.[2H]c1cc2cc(CC(C)(C)C)ccc2c(-c2cc(-c3ccccc3)cc(C(C)C)c2C)[n+]1C. The molecular weight excluding hydrogens is 1500 g/mol. The quantitative estimate of drug-likeness (QED) is 0.102. The fraction of sp³-hybridized carbons (Fsp3) is 0.294. The number of benzene rings is 12. The largest absolute Gasteiger partial charge is 0.220 e. The van der Waals surface area contributed by atoms with Gasteiger partial charge in [-0.1, -0.05) is 291 Å². The Balaban J connectivity index is 0.000000143. The van der Waals surface area contributed by atoms with E-state index in [0.717, 1.165) is 59.1 Å². The van der Waals surface area contributed by atoms with Crippen molar-refractivity contribution >= 4 is 43.1 Å². The summed E-state index contributed by atoms with van der Waals surface area (Å²) >= 11 is 0. The number of nitrogens with zero attached hydrogens (tertiary/aromatic N) is 4. The van der Waals surface area contributed by atoms with E-state index in [1.165, 1.54) is 166 Å². The van der Waals surface area contributed by atoms with Crippen molar-refractivity contribution in [2.24, 2.45) is 49.9 Å². The van der Waals surface area contributed by atoms with Crippen LogP contribution < -0.4 is 18.3 Å². The molecule has 4 nitrogen and oxygen atoms in total. The first kappa shape index (κ1) is 88.5. The van der Waals surface area contributed by atoms with Gasteiger partial charge in [0.05, 0.1) is 43.8 Å². The lowest BCUT2D eigenvalue weighted by Crippen LogP contribution is -2.35. The lowest BCUT2D eigenvalue weighted by molar-refractivity contribution is -0.665. The lowest BCUT2D eigenvalue weighted by atomic mass is 9.86. The van der Waals surface area contributed by atoms with Crippen molar-refractivity contribution in [3.63, 3.8) is 0 Å². The van der Waals surface area contributed by atoms with Crippen LogP contribution in [0.4, 0.5) is 4.39 Å². The van der Waals surface area contributed by atoms with Crippen LogP contribution in [0.2, 0.25) is 0 Å². The van der Waals surface area contributed by atoms with Gasteiger partial charge in [0.15, 0.2) is 23.3 Å². The Hall–Kier alpha value is -11.8. The molecule has 632 valence electrons. The number of hydrogen-bond acceptors (Lipinski definition) is 0. The molecule has 16 rings (SSSR count). The van der Waals surface area contributed by atoms with Gasteiger partial charge in [-0.2, -0.15) is 13.7 Å². The van der Waals surface area contributed by atoms with E-state index in [-0.39, 0.29) is 27.5 Å². The Bertz CT molecular complexity index is 6660. The van der Waals surface area contributed by atoms with Crippen LogP contribution in [0.15, 0.2) is 279 Å². The number of aryl methyl sites for hydroxylation is 6. The highest BCUT2D eigenvalue weighted by Crippen LogP contribution is 2.42. The normalized spacial score (nSPS) is 12.0. The second kappa shape index (κ2) is 36.9. The van der Waals surface area contributed by atoms with E-state index in [1.54, 1.807) is 6.07 Å². The van der Waals surface area contributed by atoms with Crippen LogP contribution in [-0.4, -0.2) is 0 Å². The third-order valence-electron chi connectivity index (χ3n) is 24.6. The molecule has 4 aromatic heterocycles. The summed E-state index contributed by atoms with van der Waals surface area (Å²) in [4.78, 5) is 0. The zero-order valence-electron chi connectivity index (χ0n) is 80.1. The molecule has 16 aromatic rings. The van der Waals surface area contributed by atoms with E-state index in [2.05, 4.69) is 405 Å². The van der Waals surface area contributed by atoms with Crippen molar-refractivity contribution in [1.29, 1.82) is 0 Å². The van der Waals surface area contributed by atoms with E-state index in [9.17, 15) is 4.39 Å². The molecule has 0 unspecified atom stereocenters. The molecule has 0 amide bonds. The molecule has 0 saturated carbocycles. The molecule has 0 saturated heterocycles. The zero-order chi connectivity index (χ0) is 90.1. The summed E-state index contributed by atoms with van der Waals surface area (Å²) in [5.74, 6) is 0.237. The fourth-order valence-electron chi connectivity index (χ4n) is 18.2. The van der Waals surface area contributed by atoms with Crippen molar-refractivity contribution < 1.29 is 24.0 Å². The van der Waals surface area contributed by atoms with Crippen LogP contribution in [0.1, 0.15) is 177 Å². The third-order valence-corrected chi connectivity index (χ3v) is 24.6. The molecule has 5 heteroatoms. The first-order chi connectivity index (χ1) is 59.0. The number of pyridine rings is 4. The highest BCUT2D eigenvalue weighted by molar-refractivity contribution is 5.99. The van der Waals surface area contributed by atoms with Crippen molar-refractivity contribution in [3.8, 4) is 89.5 Å². The number of aromatic nitrogens is 4. The molecule has 12 aromatic carbocycles. The standard InChI is InChI=1S/C31H36N.C30H34N.C29H31FN.C29H32N/c1-21(2)28-18-26(24-11-9-8-10-12-24)19-29(22(28)3)30-27-14-13-23(20-31(4,5)6)17-25(27)15-16-32(30)7;1-20-15-25(24-11-9-8-10-12-24)18-28(22(20)3)29-27-14-13-23(19-30(4,5)6)17-26(27)16-21(2)31(29)7;1-19-14-27(30)26(22-10-8-7-9-11-22)17-25(19)28-24-13-12-21(18-29(3,4)5)16-23(24)15-20(2)31(28)6;1-20-12-14-24(23-10-8-7-9-11-23)18-27(20)28-26-15-13-22(19-29(3,4)5)17-25(26)16-21(2)30(28)6/h8-19,21H,20H2,1-7H3;8-18H,19H2,1-7H3;7-17H,18H2,1-6H3;7-18H,19H2,1-6H3/q4*+1/i16D;;;. The maximum atomic E-state index is 14.9. The van der Waals surface area contributed by atoms with Crippen molar-refractivity contribution in [1.82, 2.24) is 0 Å². The molecule has 0 radical (unpaired) electrons. The van der Waals surface area contributed by atoms with Crippen LogP contribution in [0.5, 0.6) is 0 Å². The molecule has 0 fully saturated rings. The Morgan fingerprint density at radius 1 is 0.282 bits per heavy atom. The topological polar surface area (TPSA) is 15.5 Å². The molecule has 0 aliphatic carbocycles. The van der Waals surface area contributed by atoms with Crippen molar-refractivity contribution in [3.05, 3.63) is 358 Å². The predicted octanol–water partition coefficient (Wildman–Crippen LogP) is 30.1. The number of halogens is 1. The number of hydrogen-bond donors (Lipinski definition) is 0. The van der Waals surface area contributed by atoms with Gasteiger partial charge >= 0.3 is 0 Å². The summed E-state index contributed by atoms with van der Waals surface area (Å²) in [6.07, 6.45) is 4.75. The molecule has 0 spiro atoms. The molecule has 0 aliphatic heterocycles. The predicted molar refractivity (Wildman–Crippen MR) is 529 cm³/mol. The van der Waals surface area contributed by atoms with E-state index in [0.29, 0.717) is 17.7 Å². The molecule has 124 heavy (non-hydrogen) atoms. The second-order valence-corrected chi connectivity index (χ2v) is 40.4. The molecule has 4 heterocycles. The molecule has 0 bridgehead atoms. The molecular formula is C119H133FN4+4. The van der Waals surface area contributed by atoms with Crippen molar-refractivity contribution in [2.45, 2.75) is 184 Å². The number of rotatable bonds is 13. The van der Waals surface area contributed by atoms with Gasteiger partial charge in [0.25, 0.3) is 0 Å². The fourth-order valence-corrected chi connectivity index (χ4v) is 18.2. The minimum absolute atomic E-state index is 0.181. The maximum absolute atomic E-state index is 14.9. The van der Waals surface area contributed by atoms with Gasteiger partial charge in [-0.3, -0.25) is 0 Å². The van der Waals surface area contributed by atoms with Gasteiger partial charge < -0.3 is 0 Å². The lowest BCUT2D eigenvalue weighted by Gasteiger charge is -2.19. The average Bonchev–Trinajstić information content (AvgIpc) is 0.770. The number of fused-ring (bicyclic) bond motifs is 4. The Morgan fingerprint density at radius 2 is 0.621 bits per heavy atom.